The summed E-state index contributed by atoms with van der Waals surface area (Å²) in [4.78, 5) is 20.7. The summed E-state index contributed by atoms with van der Waals surface area (Å²) >= 11 is 0. The van der Waals surface area contributed by atoms with Gasteiger partial charge in [0.15, 0.2) is 0 Å². The zero-order valence-electron chi connectivity index (χ0n) is 12.7. The summed E-state index contributed by atoms with van der Waals surface area (Å²) in [6, 6.07) is 8.80. The summed E-state index contributed by atoms with van der Waals surface area (Å²) in [6.45, 7) is 5.88. The predicted octanol–water partition coefficient (Wildman–Crippen LogP) is 2.62. The average molecular weight is 296 g/mol. The van der Waals surface area contributed by atoms with Gasteiger partial charge in [0, 0.05) is 5.56 Å². The first-order valence-corrected chi connectivity index (χ1v) is 6.84. The minimum atomic E-state index is -0.309. The Morgan fingerprint density at radius 2 is 2.00 bits per heavy atom. The van der Waals surface area contributed by atoms with E-state index in [9.17, 15) is 4.79 Å². The molecule has 0 fully saturated rings. The van der Waals surface area contributed by atoms with Crippen LogP contribution >= 0.6 is 0 Å². The summed E-state index contributed by atoms with van der Waals surface area (Å²) < 4.78 is 5.27. The third kappa shape index (κ3) is 3.38. The van der Waals surface area contributed by atoms with E-state index >= 15 is 0 Å². The number of carbonyl (C=O) groups excluding carboxylic acids is 1. The normalized spacial score (nSPS) is 9.91. The Balaban J connectivity index is 2.26. The van der Waals surface area contributed by atoms with Crippen LogP contribution in [0.25, 0.3) is 0 Å². The van der Waals surface area contributed by atoms with Gasteiger partial charge in [-0.05, 0) is 39.0 Å². The average Bonchev–Trinajstić information content (AvgIpc) is 2.51. The number of rotatable bonds is 4. The van der Waals surface area contributed by atoms with Crippen molar-refractivity contribution in [2.75, 3.05) is 11.9 Å². The largest absolute Gasteiger partial charge is 0.464 e. The molecule has 112 valence electrons. The number of nitrogens with zero attached hydrogens (tertiary/aromatic N) is 3. The number of hydrogen-bond donors (Lipinski definition) is 1. The summed E-state index contributed by atoms with van der Waals surface area (Å²) in [6.07, 6.45) is 0. The highest BCUT2D eigenvalue weighted by atomic mass is 16.5. The van der Waals surface area contributed by atoms with Crippen LogP contribution < -0.4 is 10.1 Å². The third-order valence-corrected chi connectivity index (χ3v) is 3.02. The van der Waals surface area contributed by atoms with Gasteiger partial charge in [0.1, 0.15) is 0 Å². The number of hydrogen-bond acceptors (Lipinski definition) is 5. The monoisotopic (exact) mass is 296 g/mol. The van der Waals surface area contributed by atoms with Crippen LogP contribution in [0, 0.1) is 25.2 Å². The molecule has 0 aliphatic carbocycles. The highest BCUT2D eigenvalue weighted by Crippen LogP contribution is 2.20. The molecule has 1 amide bonds. The number of ether oxygens (including phenoxy) is 1. The lowest BCUT2D eigenvalue weighted by atomic mass is 10.1. The fourth-order valence-corrected chi connectivity index (χ4v) is 1.98. The minimum absolute atomic E-state index is 0.293. The molecule has 0 spiro atoms. The molecule has 0 unspecified atom stereocenters. The van der Waals surface area contributed by atoms with Crippen molar-refractivity contribution in [1.82, 2.24) is 9.97 Å². The van der Waals surface area contributed by atoms with Gasteiger partial charge in [-0.1, -0.05) is 6.07 Å². The molecule has 6 heteroatoms. The Morgan fingerprint density at radius 1 is 1.32 bits per heavy atom. The topological polar surface area (TPSA) is 87.9 Å². The lowest BCUT2D eigenvalue weighted by molar-refractivity contribution is 0.102. The van der Waals surface area contributed by atoms with Crippen LogP contribution in [0.3, 0.4) is 0 Å². The second-order valence-electron chi connectivity index (χ2n) is 4.63. The van der Waals surface area contributed by atoms with Crippen LogP contribution in [-0.4, -0.2) is 22.5 Å². The number of nitriles is 1. The fraction of sp³-hybridized carbons (Fsp3) is 0.250. The van der Waals surface area contributed by atoms with Gasteiger partial charge in [-0.15, -0.1) is 0 Å². The van der Waals surface area contributed by atoms with Crippen LogP contribution in [0.1, 0.15) is 34.2 Å². The Morgan fingerprint density at radius 3 is 2.59 bits per heavy atom. The van der Waals surface area contributed by atoms with E-state index < -0.39 is 0 Å². The maximum Gasteiger partial charge on any atom is 0.316 e. The van der Waals surface area contributed by atoms with E-state index in [4.69, 9.17) is 10.00 Å². The van der Waals surface area contributed by atoms with E-state index in [1.54, 1.807) is 32.0 Å². The Hall–Kier alpha value is -2.94. The van der Waals surface area contributed by atoms with E-state index in [2.05, 4.69) is 15.3 Å². The van der Waals surface area contributed by atoms with Crippen LogP contribution in [-0.2, 0) is 0 Å². The molecule has 1 N–H and O–H groups in total. The predicted molar refractivity (Wildman–Crippen MR) is 81.8 cm³/mol. The van der Waals surface area contributed by atoms with Crippen molar-refractivity contribution in [3.05, 3.63) is 46.8 Å². The first-order chi connectivity index (χ1) is 10.5. The molecule has 2 rings (SSSR count). The molecular weight excluding hydrogens is 280 g/mol. The van der Waals surface area contributed by atoms with Crippen molar-refractivity contribution in [2.45, 2.75) is 20.8 Å². The van der Waals surface area contributed by atoms with Gasteiger partial charge >= 0.3 is 6.01 Å². The number of nitrogens with one attached hydrogen (secondary N) is 1. The van der Waals surface area contributed by atoms with Gasteiger partial charge in [0.05, 0.1) is 35.3 Å². The lowest BCUT2D eigenvalue weighted by Crippen LogP contribution is -2.15. The van der Waals surface area contributed by atoms with Crippen molar-refractivity contribution >= 4 is 11.6 Å². The maximum atomic E-state index is 12.3. The molecule has 2 aromatic rings. The lowest BCUT2D eigenvalue weighted by Gasteiger charge is -2.12. The van der Waals surface area contributed by atoms with E-state index in [0.29, 0.717) is 40.8 Å². The number of amides is 1. The molecule has 0 radical (unpaired) electrons. The molecule has 0 aliphatic heterocycles. The highest BCUT2D eigenvalue weighted by Gasteiger charge is 2.13. The molecule has 6 nitrogen and oxygen atoms in total. The standard InChI is InChI=1S/C16H16N4O2/c1-4-22-16-18-10(2)14(11(3)19-16)20-15(21)13-7-5-6-12(8-13)9-17/h5-8H,4H2,1-3H3,(H,20,21). The maximum absolute atomic E-state index is 12.3. The zero-order chi connectivity index (χ0) is 16.1. The summed E-state index contributed by atoms with van der Waals surface area (Å²) in [7, 11) is 0. The highest BCUT2D eigenvalue weighted by molar-refractivity contribution is 6.05. The number of anilines is 1. The molecule has 1 aromatic heterocycles. The Kier molecular flexibility index (Phi) is 4.69. The molecule has 22 heavy (non-hydrogen) atoms. The van der Waals surface area contributed by atoms with Gasteiger partial charge in [-0.3, -0.25) is 4.79 Å². The molecule has 1 aromatic carbocycles. The number of aromatic nitrogens is 2. The van der Waals surface area contributed by atoms with Crippen molar-refractivity contribution in [2.24, 2.45) is 0 Å². The smallest absolute Gasteiger partial charge is 0.316 e. The number of aryl methyl sites for hydroxylation is 2. The van der Waals surface area contributed by atoms with Gasteiger partial charge in [0.2, 0.25) is 0 Å². The Bertz CT molecular complexity index is 727. The second kappa shape index (κ2) is 6.68. The summed E-state index contributed by atoms with van der Waals surface area (Å²) in [5, 5.41) is 11.7. The third-order valence-electron chi connectivity index (χ3n) is 3.02. The van der Waals surface area contributed by atoms with E-state index in [-0.39, 0.29) is 5.91 Å². The van der Waals surface area contributed by atoms with E-state index in [1.807, 2.05) is 13.0 Å². The second-order valence-corrected chi connectivity index (χ2v) is 4.63. The fourth-order valence-electron chi connectivity index (χ4n) is 1.98. The van der Waals surface area contributed by atoms with Crippen molar-refractivity contribution in [3.63, 3.8) is 0 Å². The molecule has 0 saturated heterocycles. The van der Waals surface area contributed by atoms with Gasteiger partial charge in [0.25, 0.3) is 5.91 Å². The summed E-state index contributed by atoms with van der Waals surface area (Å²) in [5.74, 6) is -0.309. The van der Waals surface area contributed by atoms with Gasteiger partial charge in [-0.2, -0.15) is 15.2 Å². The first kappa shape index (κ1) is 15.4. The van der Waals surface area contributed by atoms with Crippen molar-refractivity contribution in [1.29, 1.82) is 5.26 Å². The molecule has 1 heterocycles. The van der Waals surface area contributed by atoms with Gasteiger partial charge in [-0.25, -0.2) is 0 Å². The first-order valence-electron chi connectivity index (χ1n) is 6.84. The van der Waals surface area contributed by atoms with Gasteiger partial charge < -0.3 is 10.1 Å². The Labute approximate surface area is 128 Å². The molecule has 0 aliphatic rings. The molecule has 0 atom stereocenters. The number of carbonyl (C=O) groups is 1. The zero-order valence-corrected chi connectivity index (χ0v) is 12.7. The molecule has 0 bridgehead atoms. The van der Waals surface area contributed by atoms with E-state index in [1.165, 1.54) is 6.07 Å². The van der Waals surface area contributed by atoms with Crippen molar-refractivity contribution in [3.8, 4) is 12.1 Å². The van der Waals surface area contributed by atoms with Crippen LogP contribution in [0.15, 0.2) is 24.3 Å². The van der Waals surface area contributed by atoms with Crippen LogP contribution in [0.2, 0.25) is 0 Å². The molecule has 0 saturated carbocycles. The quantitative estimate of drug-likeness (QED) is 0.937. The number of benzene rings is 1. The molecular formula is C16H16N4O2. The minimum Gasteiger partial charge on any atom is -0.464 e. The summed E-state index contributed by atoms with van der Waals surface area (Å²) in [5.41, 5.74) is 2.65. The van der Waals surface area contributed by atoms with Crippen molar-refractivity contribution < 1.29 is 9.53 Å². The van der Waals surface area contributed by atoms with E-state index in [0.717, 1.165) is 0 Å². The SMILES string of the molecule is CCOc1nc(C)c(NC(=O)c2cccc(C#N)c2)c(C)n1. The van der Waals surface area contributed by atoms with Crippen LogP contribution in [0.5, 0.6) is 6.01 Å². The van der Waals surface area contributed by atoms with Crippen LogP contribution in [0.4, 0.5) is 5.69 Å².